The number of carbonyl (C=O) groups is 3. The summed E-state index contributed by atoms with van der Waals surface area (Å²) in [5.41, 5.74) is 1.88. The van der Waals surface area contributed by atoms with Gasteiger partial charge in [-0.15, -0.1) is 0 Å². The minimum absolute atomic E-state index is 0.0647. The lowest BCUT2D eigenvalue weighted by molar-refractivity contribution is -0.126. The fraction of sp³-hybridized carbons (Fsp3) is 0.812. The van der Waals surface area contributed by atoms with Gasteiger partial charge in [0.05, 0.1) is 23.6 Å². The van der Waals surface area contributed by atoms with Crippen LogP contribution >= 0.6 is 11.8 Å². The van der Waals surface area contributed by atoms with Gasteiger partial charge in [0.15, 0.2) is 0 Å². The highest BCUT2D eigenvalue weighted by molar-refractivity contribution is 8.00. The Morgan fingerprint density at radius 2 is 2.04 bits per heavy atom. The van der Waals surface area contributed by atoms with Crippen LogP contribution in [0.25, 0.3) is 0 Å². The van der Waals surface area contributed by atoms with Crippen LogP contribution in [0.4, 0.5) is 9.18 Å². The second kappa shape index (κ2) is 8.72. The molecule has 3 aliphatic heterocycles. The molecule has 3 rings (SSSR count). The number of hydrogen-bond acceptors (Lipinski definition) is 8. The molecule has 5 atom stereocenters. The van der Waals surface area contributed by atoms with E-state index in [0.717, 1.165) is 31.3 Å². The van der Waals surface area contributed by atoms with E-state index < -0.39 is 34.8 Å². The highest BCUT2D eigenvalue weighted by Gasteiger charge is 2.43. The molecule has 5 unspecified atom stereocenters. The van der Waals surface area contributed by atoms with Crippen LogP contribution in [-0.2, 0) is 14.3 Å². The molecule has 0 radical (unpaired) electrons. The zero-order chi connectivity index (χ0) is 19.6. The number of ether oxygens (including phenoxy) is 1. The second-order valence-corrected chi connectivity index (χ2v) is 8.49. The molecule has 3 heterocycles. The normalized spacial score (nSPS) is 33.6. The first-order valence-electron chi connectivity index (χ1n) is 9.21. The molecule has 11 heteroatoms. The maximum absolute atomic E-state index is 13.9. The number of halogens is 1. The number of amides is 3. The van der Waals surface area contributed by atoms with E-state index in [9.17, 15) is 18.8 Å². The van der Waals surface area contributed by atoms with Crippen LogP contribution < -0.4 is 21.4 Å². The Bertz CT molecular complexity index is 581. The molecule has 0 aromatic heterocycles. The fourth-order valence-corrected chi connectivity index (χ4v) is 4.73. The molecule has 27 heavy (non-hydrogen) atoms. The lowest BCUT2D eigenvalue weighted by atomic mass is 10.0. The maximum atomic E-state index is 13.9. The third-order valence-electron chi connectivity index (χ3n) is 4.72. The summed E-state index contributed by atoms with van der Waals surface area (Å²) in [6.45, 7) is 5.09. The van der Waals surface area contributed by atoms with Gasteiger partial charge in [0, 0.05) is 19.4 Å². The Hall–Kier alpha value is -1.43. The number of hydrogen-bond donors (Lipinski definition) is 4. The molecule has 0 aromatic rings. The molecule has 0 bridgehead atoms. The molecule has 3 amide bonds. The molecular weight excluding hydrogens is 377 g/mol. The van der Waals surface area contributed by atoms with Crippen molar-refractivity contribution in [1.82, 2.24) is 26.4 Å². The van der Waals surface area contributed by atoms with Crippen LogP contribution in [0, 0.1) is 5.92 Å². The molecule has 3 saturated heterocycles. The summed E-state index contributed by atoms with van der Waals surface area (Å²) in [7, 11) is 0. The summed E-state index contributed by atoms with van der Waals surface area (Å²) in [4.78, 5) is 36.5. The Morgan fingerprint density at radius 1 is 1.26 bits per heavy atom. The van der Waals surface area contributed by atoms with E-state index in [1.807, 2.05) is 5.01 Å². The van der Waals surface area contributed by atoms with Crippen LogP contribution in [0.3, 0.4) is 0 Å². The third-order valence-corrected chi connectivity index (χ3v) is 5.94. The van der Waals surface area contributed by atoms with Gasteiger partial charge in [-0.3, -0.25) is 14.9 Å². The molecule has 0 saturated carbocycles. The number of alkyl halides is 1. The van der Waals surface area contributed by atoms with E-state index in [1.165, 1.54) is 0 Å². The SMILES string of the molecule is CC(C)OC(=O)NC(=O)C1CC(F)SC1NC(=O)C1CC2NCCCN2N1. The van der Waals surface area contributed by atoms with E-state index in [-0.39, 0.29) is 24.6 Å². The van der Waals surface area contributed by atoms with Crippen molar-refractivity contribution in [3.05, 3.63) is 0 Å². The summed E-state index contributed by atoms with van der Waals surface area (Å²) >= 11 is 0.887. The van der Waals surface area contributed by atoms with Crippen LogP contribution in [-0.4, -0.2) is 65.2 Å². The van der Waals surface area contributed by atoms with E-state index in [2.05, 4.69) is 21.4 Å². The van der Waals surface area contributed by atoms with E-state index in [4.69, 9.17) is 4.74 Å². The van der Waals surface area contributed by atoms with Crippen LogP contribution in [0.5, 0.6) is 0 Å². The first-order chi connectivity index (χ1) is 12.8. The molecule has 3 aliphatic rings. The van der Waals surface area contributed by atoms with Gasteiger partial charge < -0.3 is 15.4 Å². The Balaban J connectivity index is 1.55. The average molecular weight is 403 g/mol. The Kier molecular flexibility index (Phi) is 6.56. The van der Waals surface area contributed by atoms with Crippen molar-refractivity contribution in [2.45, 2.75) is 62.3 Å². The number of imide groups is 1. The lowest BCUT2D eigenvalue weighted by Gasteiger charge is -2.29. The topological polar surface area (TPSA) is 112 Å². The average Bonchev–Trinajstić information content (AvgIpc) is 3.17. The number of thioether (sulfide) groups is 1. The number of hydrazine groups is 1. The van der Waals surface area contributed by atoms with Crippen molar-refractivity contribution < 1.29 is 23.5 Å². The van der Waals surface area contributed by atoms with E-state index in [1.54, 1.807) is 13.8 Å². The number of alkyl carbamates (subject to hydrolysis) is 1. The van der Waals surface area contributed by atoms with Gasteiger partial charge in [0.2, 0.25) is 11.8 Å². The number of nitrogens with one attached hydrogen (secondary N) is 4. The van der Waals surface area contributed by atoms with Crippen LogP contribution in [0.15, 0.2) is 0 Å². The predicted molar refractivity (Wildman–Crippen MR) is 96.9 cm³/mol. The van der Waals surface area contributed by atoms with Gasteiger partial charge in [-0.2, -0.15) is 0 Å². The van der Waals surface area contributed by atoms with Crippen molar-refractivity contribution in [2.75, 3.05) is 13.1 Å². The van der Waals surface area contributed by atoms with Gasteiger partial charge in [-0.25, -0.2) is 19.6 Å². The molecule has 152 valence electrons. The molecule has 0 spiro atoms. The molecule has 3 fully saturated rings. The zero-order valence-corrected chi connectivity index (χ0v) is 16.2. The predicted octanol–water partition coefficient (Wildman–Crippen LogP) is 0.0369. The largest absolute Gasteiger partial charge is 0.447 e. The van der Waals surface area contributed by atoms with E-state index in [0.29, 0.717) is 6.42 Å². The van der Waals surface area contributed by atoms with Crippen molar-refractivity contribution in [2.24, 2.45) is 5.92 Å². The molecule has 4 N–H and O–H groups in total. The highest BCUT2D eigenvalue weighted by Crippen LogP contribution is 2.38. The molecular formula is C16H26FN5O4S. The molecule has 9 nitrogen and oxygen atoms in total. The van der Waals surface area contributed by atoms with Crippen molar-refractivity contribution in [3.63, 3.8) is 0 Å². The van der Waals surface area contributed by atoms with Gasteiger partial charge in [-0.05, 0) is 26.8 Å². The standard InChI is InChI=1S/C16H26FN5O4S/c1-8(2)26-16(25)20-13(23)9-6-11(17)27-15(9)19-14(24)10-7-12-18-4-3-5-22(12)21-10/h8-12,15,18,21H,3-7H2,1-2H3,(H,19,24)(H,20,23,25). The summed E-state index contributed by atoms with van der Waals surface area (Å²) < 4.78 is 18.8. The summed E-state index contributed by atoms with van der Waals surface area (Å²) in [5.74, 6) is -1.76. The third kappa shape index (κ3) is 5.09. The smallest absolute Gasteiger partial charge is 0.414 e. The summed E-state index contributed by atoms with van der Waals surface area (Å²) in [5, 5.41) is 9.49. The molecule has 0 aromatic carbocycles. The number of nitrogens with zero attached hydrogens (tertiary/aromatic N) is 1. The number of carbonyl (C=O) groups excluding carboxylic acids is 3. The minimum atomic E-state index is -1.28. The fourth-order valence-electron chi connectivity index (χ4n) is 3.48. The van der Waals surface area contributed by atoms with Crippen molar-refractivity contribution in [3.8, 4) is 0 Å². The maximum Gasteiger partial charge on any atom is 0.414 e. The van der Waals surface area contributed by atoms with Gasteiger partial charge in [0.1, 0.15) is 11.5 Å². The first kappa shape index (κ1) is 20.3. The Morgan fingerprint density at radius 3 is 2.74 bits per heavy atom. The van der Waals surface area contributed by atoms with Crippen LogP contribution in [0.2, 0.25) is 0 Å². The van der Waals surface area contributed by atoms with Gasteiger partial charge >= 0.3 is 6.09 Å². The zero-order valence-electron chi connectivity index (χ0n) is 15.4. The lowest BCUT2D eigenvalue weighted by Crippen LogP contribution is -2.53. The van der Waals surface area contributed by atoms with Crippen molar-refractivity contribution in [1.29, 1.82) is 0 Å². The Labute approximate surface area is 161 Å². The van der Waals surface area contributed by atoms with Crippen LogP contribution in [0.1, 0.15) is 33.1 Å². The van der Waals surface area contributed by atoms with E-state index >= 15 is 0 Å². The first-order valence-corrected chi connectivity index (χ1v) is 10.2. The number of rotatable bonds is 4. The van der Waals surface area contributed by atoms with Gasteiger partial charge in [0.25, 0.3) is 0 Å². The summed E-state index contributed by atoms with van der Waals surface area (Å²) in [6.07, 6.45) is 0.386. The minimum Gasteiger partial charge on any atom is -0.447 e. The summed E-state index contributed by atoms with van der Waals surface area (Å²) in [6, 6.07) is -0.436. The quantitative estimate of drug-likeness (QED) is 0.521. The highest BCUT2D eigenvalue weighted by atomic mass is 32.2. The van der Waals surface area contributed by atoms with Crippen molar-refractivity contribution >= 4 is 29.7 Å². The molecule has 0 aliphatic carbocycles. The number of fused-ring (bicyclic) bond motifs is 1. The second-order valence-electron chi connectivity index (χ2n) is 7.20. The van der Waals surface area contributed by atoms with Gasteiger partial charge in [-0.1, -0.05) is 11.8 Å². The monoisotopic (exact) mass is 403 g/mol.